The van der Waals surface area contributed by atoms with Gasteiger partial charge in [0, 0.05) is 0 Å². The van der Waals surface area contributed by atoms with Gasteiger partial charge in [0.1, 0.15) is 17.2 Å². The molecule has 1 saturated heterocycles. The average molecular weight is 444 g/mol. The van der Waals surface area contributed by atoms with Crippen molar-refractivity contribution in [2.24, 2.45) is 0 Å². The highest BCUT2D eigenvalue weighted by Gasteiger charge is 2.68. The van der Waals surface area contributed by atoms with E-state index >= 15 is 0 Å². The van der Waals surface area contributed by atoms with E-state index in [0.29, 0.717) is 16.9 Å². The first kappa shape index (κ1) is 20.3. The van der Waals surface area contributed by atoms with Gasteiger partial charge < -0.3 is 4.42 Å². The largest absolute Gasteiger partial charge is 0.467 e. The Hall–Kier alpha value is -3.64. The molecule has 5 nitrogen and oxygen atoms in total. The van der Waals surface area contributed by atoms with Crippen molar-refractivity contribution in [1.82, 2.24) is 4.31 Å². The molecule has 32 heavy (non-hydrogen) atoms. The number of β-lactam (4-membered cyclic amide) rings is 1. The van der Waals surface area contributed by atoms with Crippen LogP contribution in [0.4, 0.5) is 0 Å². The Bertz CT molecular complexity index is 1310. The van der Waals surface area contributed by atoms with Crippen LogP contribution in [-0.2, 0) is 20.2 Å². The zero-order valence-corrected chi connectivity index (χ0v) is 18.2. The summed E-state index contributed by atoms with van der Waals surface area (Å²) in [4.78, 5) is 14.1. The number of carbonyl (C=O) groups is 1. The maximum atomic E-state index is 14.0. The van der Waals surface area contributed by atoms with Crippen molar-refractivity contribution in [3.05, 3.63) is 126 Å². The molecule has 0 saturated carbocycles. The van der Waals surface area contributed by atoms with Gasteiger partial charge in [0.2, 0.25) is 0 Å². The maximum absolute atomic E-state index is 14.0. The van der Waals surface area contributed by atoms with Gasteiger partial charge in [0.05, 0.1) is 11.2 Å². The number of benzene rings is 3. The van der Waals surface area contributed by atoms with Crippen LogP contribution in [0.3, 0.4) is 0 Å². The number of carbonyl (C=O) groups excluding carboxylic acids is 1. The van der Waals surface area contributed by atoms with Crippen LogP contribution in [0.1, 0.15) is 28.5 Å². The van der Waals surface area contributed by atoms with E-state index in [1.807, 2.05) is 67.6 Å². The maximum Gasteiger partial charge on any atom is 0.267 e. The summed E-state index contributed by atoms with van der Waals surface area (Å²) in [5.74, 6) is -0.0927. The van der Waals surface area contributed by atoms with E-state index in [9.17, 15) is 13.2 Å². The lowest BCUT2D eigenvalue weighted by atomic mass is 9.62. The van der Waals surface area contributed by atoms with Gasteiger partial charge in [-0.2, -0.15) is 0 Å². The Labute approximate surface area is 187 Å². The first-order chi connectivity index (χ1) is 15.5. The molecule has 0 radical (unpaired) electrons. The molecule has 0 bridgehead atoms. The molecule has 6 heteroatoms. The smallest absolute Gasteiger partial charge is 0.267 e. The SMILES string of the molecule is Cc1ccc(S(=O)(=O)N2C(=O)C(c3ccccc3)(c3ccccc3)C2c2ccco2)cc1. The van der Waals surface area contributed by atoms with Gasteiger partial charge in [-0.15, -0.1) is 0 Å². The minimum atomic E-state index is -4.11. The van der Waals surface area contributed by atoms with Crippen LogP contribution >= 0.6 is 0 Å². The Morgan fingerprint density at radius 3 is 1.84 bits per heavy atom. The first-order valence-corrected chi connectivity index (χ1v) is 11.7. The van der Waals surface area contributed by atoms with E-state index in [1.165, 1.54) is 18.4 Å². The van der Waals surface area contributed by atoms with Gasteiger partial charge in [-0.25, -0.2) is 12.7 Å². The summed E-state index contributed by atoms with van der Waals surface area (Å²) in [5.41, 5.74) is 1.14. The van der Waals surface area contributed by atoms with Crippen LogP contribution in [0.15, 0.2) is 113 Å². The van der Waals surface area contributed by atoms with Crippen molar-refractivity contribution in [1.29, 1.82) is 0 Å². The van der Waals surface area contributed by atoms with E-state index in [4.69, 9.17) is 4.42 Å². The van der Waals surface area contributed by atoms with Gasteiger partial charge in [0.25, 0.3) is 15.9 Å². The number of hydrogen-bond acceptors (Lipinski definition) is 4. The lowest BCUT2D eigenvalue weighted by molar-refractivity contribution is -0.148. The molecule has 3 aromatic carbocycles. The molecule has 2 heterocycles. The molecule has 1 unspecified atom stereocenters. The Balaban J connectivity index is 1.76. The standard InChI is InChI=1S/C26H21NO4S/c1-19-14-16-22(17-15-19)32(29,30)27-24(23-13-8-18-31-23)26(25(27)28,20-9-4-2-5-10-20)21-11-6-3-7-12-21/h2-18,24H,1H3. The number of sulfonamides is 1. The molecule has 4 aromatic rings. The van der Waals surface area contributed by atoms with Crippen molar-refractivity contribution in [3.63, 3.8) is 0 Å². The second-order valence-electron chi connectivity index (χ2n) is 7.88. The molecule has 1 atom stereocenters. The highest BCUT2D eigenvalue weighted by Crippen LogP contribution is 2.57. The third-order valence-electron chi connectivity index (χ3n) is 6.03. The molecular formula is C26H21NO4S. The predicted octanol–water partition coefficient (Wildman–Crippen LogP) is 4.85. The van der Waals surface area contributed by atoms with E-state index in [1.54, 1.807) is 24.3 Å². The number of aryl methyl sites for hydroxylation is 1. The summed E-state index contributed by atoms with van der Waals surface area (Å²) in [6, 6.07) is 27.6. The van der Waals surface area contributed by atoms with Crippen LogP contribution in [0.2, 0.25) is 0 Å². The molecule has 5 rings (SSSR count). The highest BCUT2D eigenvalue weighted by atomic mass is 32.2. The summed E-state index contributed by atoms with van der Waals surface area (Å²) in [5, 5.41) is 0. The fourth-order valence-corrected chi connectivity index (χ4v) is 6.11. The molecule has 1 aliphatic heterocycles. The van der Waals surface area contributed by atoms with Crippen LogP contribution in [0.25, 0.3) is 0 Å². The predicted molar refractivity (Wildman–Crippen MR) is 120 cm³/mol. The van der Waals surface area contributed by atoms with Crippen LogP contribution < -0.4 is 0 Å². The van der Waals surface area contributed by atoms with Crippen molar-refractivity contribution < 1.29 is 17.6 Å². The minimum Gasteiger partial charge on any atom is -0.467 e. The highest BCUT2D eigenvalue weighted by molar-refractivity contribution is 7.89. The molecule has 0 N–H and O–H groups in total. The van der Waals surface area contributed by atoms with Gasteiger partial charge >= 0.3 is 0 Å². The molecular weight excluding hydrogens is 422 g/mol. The number of furan rings is 1. The second kappa shape index (κ2) is 7.50. The number of hydrogen-bond donors (Lipinski definition) is 0. The van der Waals surface area contributed by atoms with Crippen LogP contribution in [-0.4, -0.2) is 18.6 Å². The second-order valence-corrected chi connectivity index (χ2v) is 9.69. The van der Waals surface area contributed by atoms with E-state index in [0.717, 1.165) is 9.87 Å². The lowest BCUT2D eigenvalue weighted by Crippen LogP contribution is -2.67. The van der Waals surface area contributed by atoms with Gasteiger partial charge in [-0.1, -0.05) is 78.4 Å². The normalized spacial score (nSPS) is 17.7. The van der Waals surface area contributed by atoms with E-state index < -0.39 is 27.4 Å². The van der Waals surface area contributed by atoms with Crippen LogP contribution in [0.5, 0.6) is 0 Å². The fourth-order valence-electron chi connectivity index (χ4n) is 4.50. The molecule has 0 aliphatic carbocycles. The topological polar surface area (TPSA) is 67.6 Å². The zero-order valence-electron chi connectivity index (χ0n) is 17.4. The summed E-state index contributed by atoms with van der Waals surface area (Å²) < 4.78 is 34.0. The molecule has 1 aromatic heterocycles. The Morgan fingerprint density at radius 2 is 1.34 bits per heavy atom. The average Bonchev–Trinajstić information content (AvgIpc) is 3.33. The van der Waals surface area contributed by atoms with E-state index in [2.05, 4.69) is 0 Å². The number of amides is 1. The van der Waals surface area contributed by atoms with Gasteiger partial charge in [-0.3, -0.25) is 4.79 Å². The quantitative estimate of drug-likeness (QED) is 0.414. The third-order valence-corrected chi connectivity index (χ3v) is 7.79. The molecule has 1 amide bonds. The van der Waals surface area contributed by atoms with E-state index in [-0.39, 0.29) is 4.90 Å². The van der Waals surface area contributed by atoms with Crippen molar-refractivity contribution in [2.45, 2.75) is 23.3 Å². The summed E-state index contributed by atoms with van der Waals surface area (Å²) in [6.45, 7) is 1.88. The first-order valence-electron chi connectivity index (χ1n) is 10.3. The third kappa shape index (κ3) is 2.83. The molecule has 0 spiro atoms. The summed E-state index contributed by atoms with van der Waals surface area (Å²) >= 11 is 0. The lowest BCUT2D eigenvalue weighted by Gasteiger charge is -2.54. The van der Waals surface area contributed by atoms with Crippen molar-refractivity contribution in [2.75, 3.05) is 0 Å². The van der Waals surface area contributed by atoms with Crippen molar-refractivity contribution in [3.8, 4) is 0 Å². The fraction of sp³-hybridized carbons (Fsp3) is 0.115. The molecule has 1 aliphatic rings. The van der Waals surface area contributed by atoms with Gasteiger partial charge in [0.15, 0.2) is 0 Å². The molecule has 1 fully saturated rings. The Kier molecular flexibility index (Phi) is 4.75. The minimum absolute atomic E-state index is 0.0720. The number of rotatable bonds is 5. The van der Waals surface area contributed by atoms with Crippen LogP contribution in [0, 0.1) is 6.92 Å². The van der Waals surface area contributed by atoms with Crippen molar-refractivity contribution >= 4 is 15.9 Å². The number of nitrogens with zero attached hydrogens (tertiary/aromatic N) is 1. The van der Waals surface area contributed by atoms with Gasteiger partial charge in [-0.05, 0) is 42.3 Å². The Morgan fingerprint density at radius 1 is 0.781 bits per heavy atom. The summed E-state index contributed by atoms with van der Waals surface area (Å²) in [7, 11) is -4.11. The zero-order chi connectivity index (χ0) is 22.3. The monoisotopic (exact) mass is 443 g/mol. The molecule has 160 valence electrons. The summed E-state index contributed by atoms with van der Waals surface area (Å²) in [6.07, 6.45) is 1.50.